The zero-order valence-electron chi connectivity index (χ0n) is 15.1. The van der Waals surface area contributed by atoms with Crippen molar-refractivity contribution in [3.63, 3.8) is 0 Å². The lowest BCUT2D eigenvalue weighted by Crippen LogP contribution is -1.97. The highest BCUT2D eigenvalue weighted by Gasteiger charge is 2.17. The van der Waals surface area contributed by atoms with E-state index in [2.05, 4.69) is 10.2 Å². The molecule has 0 fully saturated rings. The fourth-order valence-electron chi connectivity index (χ4n) is 3.00. The van der Waals surface area contributed by atoms with Crippen molar-refractivity contribution in [1.82, 2.24) is 4.57 Å². The monoisotopic (exact) mass is 459 g/mol. The van der Waals surface area contributed by atoms with E-state index in [1.54, 1.807) is 36.4 Å². The number of azo groups is 1. The highest BCUT2D eigenvalue weighted by Crippen LogP contribution is 2.39. The zero-order valence-corrected chi connectivity index (χ0v) is 17.3. The molecule has 3 aromatic carbocycles. The first-order valence-corrected chi connectivity index (χ1v) is 9.72. The van der Waals surface area contributed by atoms with Crippen molar-refractivity contribution in [1.29, 1.82) is 0 Å². The molecule has 0 bridgehead atoms. The molecule has 0 spiro atoms. The van der Waals surface area contributed by atoms with Crippen LogP contribution in [0.25, 0.3) is 16.5 Å². The molecule has 1 heterocycles. The molecule has 2 N–H and O–H groups in total. The number of fused-ring (bicyclic) bond motifs is 1. The molecule has 150 valence electrons. The van der Waals surface area contributed by atoms with Gasteiger partial charge in [0.05, 0.1) is 15.7 Å². The Bertz CT molecular complexity index is 1250. The molecule has 0 atom stereocenters. The van der Waals surface area contributed by atoms with Crippen molar-refractivity contribution in [2.24, 2.45) is 10.2 Å². The Hall–Kier alpha value is -3.06. The number of carbonyl (C=O) groups is 1. The van der Waals surface area contributed by atoms with Crippen molar-refractivity contribution in [2.45, 2.75) is 0 Å². The SMILES string of the molecule is O=C(N=Nc1c(Cl)cc(Cl)cc1Cl)c1ccc(-n2c(O)c3ccccc3c2O)cc1. The second-order valence-electron chi connectivity index (χ2n) is 6.30. The number of hydrogen-bond acceptors (Lipinski definition) is 4. The second kappa shape index (κ2) is 7.99. The van der Waals surface area contributed by atoms with E-state index in [-0.39, 0.29) is 33.1 Å². The van der Waals surface area contributed by atoms with Gasteiger partial charge in [-0.15, -0.1) is 10.2 Å². The lowest BCUT2D eigenvalue weighted by molar-refractivity contribution is 0.0995. The molecule has 0 unspecified atom stereocenters. The third kappa shape index (κ3) is 3.61. The van der Waals surface area contributed by atoms with Crippen molar-refractivity contribution in [3.8, 4) is 17.4 Å². The summed E-state index contributed by atoms with van der Waals surface area (Å²) in [6.45, 7) is 0. The number of carbonyl (C=O) groups excluding carboxylic acids is 1. The summed E-state index contributed by atoms with van der Waals surface area (Å²) in [7, 11) is 0. The summed E-state index contributed by atoms with van der Waals surface area (Å²) in [6.07, 6.45) is 0. The smallest absolute Gasteiger partial charge is 0.295 e. The van der Waals surface area contributed by atoms with Crippen LogP contribution in [0.2, 0.25) is 15.1 Å². The number of hydrogen-bond donors (Lipinski definition) is 2. The van der Waals surface area contributed by atoms with Crippen molar-refractivity contribution >= 4 is 57.2 Å². The van der Waals surface area contributed by atoms with Gasteiger partial charge in [0.1, 0.15) is 5.69 Å². The molecule has 0 aliphatic carbocycles. The van der Waals surface area contributed by atoms with E-state index in [0.717, 1.165) is 0 Å². The molecule has 30 heavy (non-hydrogen) atoms. The van der Waals surface area contributed by atoms with Gasteiger partial charge in [0.2, 0.25) is 11.8 Å². The molecule has 0 saturated heterocycles. The van der Waals surface area contributed by atoms with Gasteiger partial charge in [-0.3, -0.25) is 9.36 Å². The van der Waals surface area contributed by atoms with Gasteiger partial charge in [-0.25, -0.2) is 0 Å². The molecule has 4 rings (SSSR count). The fraction of sp³-hybridized carbons (Fsp3) is 0. The van der Waals surface area contributed by atoms with E-state index in [1.165, 1.54) is 28.8 Å². The first-order chi connectivity index (χ1) is 14.4. The summed E-state index contributed by atoms with van der Waals surface area (Å²) in [4.78, 5) is 12.4. The topological polar surface area (TPSA) is 87.2 Å². The molecule has 0 radical (unpaired) electrons. The normalized spacial score (nSPS) is 11.4. The van der Waals surface area contributed by atoms with Gasteiger partial charge in [-0.2, -0.15) is 0 Å². The molecule has 4 aromatic rings. The number of aromatic nitrogens is 1. The quantitative estimate of drug-likeness (QED) is 0.325. The number of aromatic hydroxyl groups is 2. The summed E-state index contributed by atoms with van der Waals surface area (Å²) in [5.74, 6) is -0.822. The third-order valence-corrected chi connectivity index (χ3v) is 5.22. The predicted octanol–water partition coefficient (Wildman–Crippen LogP) is 6.93. The minimum Gasteiger partial charge on any atom is -0.494 e. The molecule has 0 aliphatic heterocycles. The molecular formula is C21H12Cl3N3O3. The average Bonchev–Trinajstić information content (AvgIpc) is 2.98. The first-order valence-electron chi connectivity index (χ1n) is 8.59. The highest BCUT2D eigenvalue weighted by molar-refractivity contribution is 6.41. The zero-order chi connectivity index (χ0) is 21.4. The number of benzene rings is 3. The third-order valence-electron chi connectivity index (χ3n) is 4.43. The van der Waals surface area contributed by atoms with Gasteiger partial charge < -0.3 is 10.2 Å². The molecule has 6 nitrogen and oxygen atoms in total. The van der Waals surface area contributed by atoms with Crippen molar-refractivity contribution < 1.29 is 15.0 Å². The lowest BCUT2D eigenvalue weighted by Gasteiger charge is -2.07. The van der Waals surface area contributed by atoms with Gasteiger partial charge in [-0.05, 0) is 48.5 Å². The van der Waals surface area contributed by atoms with Crippen LogP contribution in [0.5, 0.6) is 11.8 Å². The number of rotatable bonds is 3. The maximum Gasteiger partial charge on any atom is 0.295 e. The van der Waals surface area contributed by atoms with Crippen molar-refractivity contribution in [3.05, 3.63) is 81.3 Å². The Balaban J connectivity index is 1.63. The summed E-state index contributed by atoms with van der Waals surface area (Å²) in [6, 6.07) is 16.0. The largest absolute Gasteiger partial charge is 0.494 e. The minimum absolute atomic E-state index is 0.103. The van der Waals surface area contributed by atoms with Gasteiger partial charge in [0.25, 0.3) is 5.91 Å². The number of halogens is 3. The highest BCUT2D eigenvalue weighted by atomic mass is 35.5. The molecule has 9 heteroatoms. The van der Waals surface area contributed by atoms with Gasteiger partial charge in [-0.1, -0.05) is 46.9 Å². The Morgan fingerprint density at radius 3 is 1.90 bits per heavy atom. The lowest BCUT2D eigenvalue weighted by atomic mass is 10.2. The maximum atomic E-state index is 12.4. The number of nitrogens with zero attached hydrogens (tertiary/aromatic N) is 3. The van der Waals surface area contributed by atoms with Crippen LogP contribution in [0.15, 0.2) is 70.9 Å². The minimum atomic E-state index is -0.616. The van der Waals surface area contributed by atoms with E-state index in [4.69, 9.17) is 34.8 Å². The Kier molecular flexibility index (Phi) is 5.39. The number of amides is 1. The summed E-state index contributed by atoms with van der Waals surface area (Å²) < 4.78 is 1.29. The van der Waals surface area contributed by atoms with Crippen LogP contribution in [0.4, 0.5) is 5.69 Å². The predicted molar refractivity (Wildman–Crippen MR) is 117 cm³/mol. The van der Waals surface area contributed by atoms with Crippen LogP contribution >= 0.6 is 34.8 Å². The maximum absolute atomic E-state index is 12.4. The van der Waals surface area contributed by atoms with Crippen LogP contribution in [-0.4, -0.2) is 20.7 Å². The Morgan fingerprint density at radius 1 is 0.833 bits per heavy atom. The molecule has 0 aliphatic rings. The summed E-state index contributed by atoms with van der Waals surface area (Å²) in [5, 5.41) is 30.1. The van der Waals surface area contributed by atoms with E-state index in [9.17, 15) is 15.0 Å². The van der Waals surface area contributed by atoms with Crippen molar-refractivity contribution in [2.75, 3.05) is 0 Å². The fourth-order valence-corrected chi connectivity index (χ4v) is 3.89. The first kappa shape index (κ1) is 20.2. The molecule has 1 aromatic heterocycles. The second-order valence-corrected chi connectivity index (χ2v) is 7.55. The van der Waals surface area contributed by atoms with Crippen LogP contribution in [0, 0.1) is 0 Å². The van der Waals surface area contributed by atoms with Gasteiger partial charge in [0.15, 0.2) is 0 Å². The van der Waals surface area contributed by atoms with E-state index in [1.807, 2.05) is 0 Å². The van der Waals surface area contributed by atoms with E-state index < -0.39 is 5.91 Å². The van der Waals surface area contributed by atoms with Crippen LogP contribution in [0.3, 0.4) is 0 Å². The van der Waals surface area contributed by atoms with Gasteiger partial charge >= 0.3 is 0 Å². The van der Waals surface area contributed by atoms with Crippen LogP contribution in [-0.2, 0) is 0 Å². The van der Waals surface area contributed by atoms with E-state index >= 15 is 0 Å². The molecular weight excluding hydrogens is 449 g/mol. The summed E-state index contributed by atoms with van der Waals surface area (Å²) in [5.41, 5.74) is 0.861. The average molecular weight is 461 g/mol. The molecule has 0 saturated carbocycles. The van der Waals surface area contributed by atoms with Crippen LogP contribution in [0.1, 0.15) is 10.4 Å². The standard InChI is InChI=1S/C21H12Cl3N3O3/c22-12-9-16(23)18(17(24)10-12)25-26-19(28)11-5-7-13(8-6-11)27-20(29)14-3-1-2-4-15(14)21(27)30/h1-10,29-30H. The summed E-state index contributed by atoms with van der Waals surface area (Å²) >= 11 is 17.9. The van der Waals surface area contributed by atoms with Crippen LogP contribution < -0.4 is 0 Å². The molecule has 1 amide bonds. The van der Waals surface area contributed by atoms with Gasteiger partial charge in [0, 0.05) is 21.4 Å². The van der Waals surface area contributed by atoms with E-state index in [0.29, 0.717) is 21.5 Å². The Morgan fingerprint density at radius 2 is 1.37 bits per heavy atom. The Labute approximate surface area is 185 Å².